The van der Waals surface area contributed by atoms with Gasteiger partial charge in [0.05, 0.1) is 35.3 Å². The summed E-state index contributed by atoms with van der Waals surface area (Å²) >= 11 is 0. The Labute approximate surface area is 197 Å². The first-order valence-electron chi connectivity index (χ1n) is 11.2. The number of para-hydroxylation sites is 2. The van der Waals surface area contributed by atoms with Crippen LogP contribution in [0.2, 0.25) is 0 Å². The van der Waals surface area contributed by atoms with Crippen LogP contribution in [-0.4, -0.2) is 38.9 Å². The molecule has 0 fully saturated rings. The molecule has 5 rings (SSSR count). The van der Waals surface area contributed by atoms with E-state index in [2.05, 4.69) is 15.4 Å². The first-order valence-corrected chi connectivity index (χ1v) is 11.2. The molecule has 1 unspecified atom stereocenters. The molecule has 0 aliphatic carbocycles. The highest BCUT2D eigenvalue weighted by Gasteiger charge is 2.29. The van der Waals surface area contributed by atoms with Crippen molar-refractivity contribution in [1.82, 2.24) is 9.55 Å². The first-order chi connectivity index (χ1) is 16.6. The molecule has 0 radical (unpaired) electrons. The molecule has 1 amide bonds. The minimum absolute atomic E-state index is 0.152. The minimum atomic E-state index is -0.610. The van der Waals surface area contributed by atoms with Gasteiger partial charge >= 0.3 is 0 Å². The Morgan fingerprint density at radius 2 is 1.85 bits per heavy atom. The molecular formula is C27H25N5O2. The van der Waals surface area contributed by atoms with E-state index < -0.39 is 6.10 Å². The number of hydrogen-bond acceptors (Lipinski definition) is 5. The number of carbonyl (C=O) groups is 1. The number of anilines is 2. The van der Waals surface area contributed by atoms with Gasteiger partial charge in [-0.2, -0.15) is 10.1 Å². The normalized spacial score (nSPS) is 15.7. The molecule has 0 spiro atoms. The third kappa shape index (κ3) is 4.33. The summed E-state index contributed by atoms with van der Waals surface area (Å²) in [5.74, 6) is -0.152. The molecule has 1 aliphatic rings. The van der Waals surface area contributed by atoms with Gasteiger partial charge in [-0.1, -0.05) is 36.4 Å². The SMILES string of the molecule is CC1=NN(c2ccccc2)C(=O)C1=Cc1cn(CC(O)CNc2cccnc2)c2ccccc12. The topological polar surface area (TPSA) is 82.8 Å². The quantitative estimate of drug-likeness (QED) is 0.410. The van der Waals surface area contributed by atoms with E-state index >= 15 is 0 Å². The van der Waals surface area contributed by atoms with Gasteiger partial charge in [-0.25, -0.2) is 0 Å². The van der Waals surface area contributed by atoms with Crippen LogP contribution in [0.1, 0.15) is 12.5 Å². The number of nitrogens with zero attached hydrogens (tertiary/aromatic N) is 4. The third-order valence-electron chi connectivity index (χ3n) is 5.79. The maximum absolute atomic E-state index is 13.1. The number of aromatic nitrogens is 2. The number of rotatable bonds is 7. The van der Waals surface area contributed by atoms with E-state index in [1.165, 1.54) is 5.01 Å². The lowest BCUT2D eigenvalue weighted by Gasteiger charge is -2.14. The van der Waals surface area contributed by atoms with Gasteiger partial charge in [0.1, 0.15) is 0 Å². The maximum Gasteiger partial charge on any atom is 0.280 e. The van der Waals surface area contributed by atoms with Gasteiger partial charge in [-0.3, -0.25) is 9.78 Å². The second-order valence-corrected chi connectivity index (χ2v) is 8.23. The van der Waals surface area contributed by atoms with Crippen molar-refractivity contribution in [1.29, 1.82) is 0 Å². The number of amides is 1. The number of hydrazone groups is 1. The molecule has 7 heteroatoms. The largest absolute Gasteiger partial charge is 0.389 e. The van der Waals surface area contributed by atoms with Crippen LogP contribution in [0.3, 0.4) is 0 Å². The number of hydrogen-bond donors (Lipinski definition) is 2. The fourth-order valence-corrected chi connectivity index (χ4v) is 4.12. The highest BCUT2D eigenvalue weighted by atomic mass is 16.3. The highest BCUT2D eigenvalue weighted by molar-refractivity contribution is 6.32. The number of pyridine rings is 1. The van der Waals surface area contributed by atoms with Gasteiger partial charge in [0.25, 0.3) is 5.91 Å². The fourth-order valence-electron chi connectivity index (χ4n) is 4.12. The van der Waals surface area contributed by atoms with Crippen LogP contribution in [0.4, 0.5) is 11.4 Å². The number of benzene rings is 2. The molecule has 0 saturated heterocycles. The lowest BCUT2D eigenvalue weighted by atomic mass is 10.1. The molecule has 2 N–H and O–H groups in total. The Morgan fingerprint density at radius 1 is 1.06 bits per heavy atom. The maximum atomic E-state index is 13.1. The summed E-state index contributed by atoms with van der Waals surface area (Å²) in [4.78, 5) is 17.2. The van der Waals surface area contributed by atoms with Crippen LogP contribution in [0.25, 0.3) is 17.0 Å². The predicted octanol–water partition coefficient (Wildman–Crippen LogP) is 4.32. The predicted molar refractivity (Wildman–Crippen MR) is 136 cm³/mol. The van der Waals surface area contributed by atoms with E-state index in [-0.39, 0.29) is 5.91 Å². The third-order valence-corrected chi connectivity index (χ3v) is 5.79. The van der Waals surface area contributed by atoms with E-state index in [1.807, 2.05) is 90.5 Å². The molecule has 170 valence electrons. The van der Waals surface area contributed by atoms with Gasteiger partial charge in [-0.15, -0.1) is 0 Å². The molecule has 34 heavy (non-hydrogen) atoms. The Bertz CT molecular complexity index is 1380. The van der Waals surface area contributed by atoms with E-state index in [0.717, 1.165) is 27.8 Å². The summed E-state index contributed by atoms with van der Waals surface area (Å²) in [6.07, 6.45) is 6.70. The molecule has 2 aromatic carbocycles. The van der Waals surface area contributed by atoms with Crippen molar-refractivity contribution in [3.05, 3.63) is 96.5 Å². The molecule has 0 bridgehead atoms. The zero-order valence-electron chi connectivity index (χ0n) is 18.8. The van der Waals surface area contributed by atoms with Crippen molar-refractivity contribution in [2.24, 2.45) is 5.10 Å². The average molecular weight is 452 g/mol. The molecular weight excluding hydrogens is 426 g/mol. The number of carbonyl (C=O) groups excluding carboxylic acids is 1. The lowest BCUT2D eigenvalue weighted by Crippen LogP contribution is -2.24. The summed E-state index contributed by atoms with van der Waals surface area (Å²) < 4.78 is 2.03. The van der Waals surface area contributed by atoms with Crippen molar-refractivity contribution < 1.29 is 9.90 Å². The smallest absolute Gasteiger partial charge is 0.280 e. The number of nitrogens with one attached hydrogen (secondary N) is 1. The Morgan fingerprint density at radius 3 is 2.65 bits per heavy atom. The summed E-state index contributed by atoms with van der Waals surface area (Å²) in [6, 6.07) is 21.2. The van der Waals surface area contributed by atoms with Gasteiger partial charge in [-0.05, 0) is 43.3 Å². The van der Waals surface area contributed by atoms with Crippen molar-refractivity contribution >= 4 is 40.0 Å². The van der Waals surface area contributed by atoms with Crippen LogP contribution in [0.15, 0.2) is 96.0 Å². The summed E-state index contributed by atoms with van der Waals surface area (Å²) in [5.41, 5.74) is 4.74. The summed E-state index contributed by atoms with van der Waals surface area (Å²) in [6.45, 7) is 2.65. The van der Waals surface area contributed by atoms with Gasteiger partial charge < -0.3 is 15.0 Å². The van der Waals surface area contributed by atoms with Crippen molar-refractivity contribution in [2.45, 2.75) is 19.6 Å². The van der Waals surface area contributed by atoms with Crippen molar-refractivity contribution in [3.63, 3.8) is 0 Å². The molecule has 4 aromatic rings. The van der Waals surface area contributed by atoms with E-state index in [4.69, 9.17) is 0 Å². The lowest BCUT2D eigenvalue weighted by molar-refractivity contribution is -0.114. The minimum Gasteiger partial charge on any atom is -0.389 e. The molecule has 2 aromatic heterocycles. The molecule has 1 atom stereocenters. The zero-order valence-corrected chi connectivity index (χ0v) is 18.8. The molecule has 3 heterocycles. The van der Waals surface area contributed by atoms with Crippen LogP contribution >= 0.6 is 0 Å². The number of aliphatic hydroxyl groups is 1. The second kappa shape index (κ2) is 9.33. The van der Waals surface area contributed by atoms with Crippen LogP contribution in [-0.2, 0) is 11.3 Å². The van der Waals surface area contributed by atoms with Crippen LogP contribution in [0, 0.1) is 0 Å². The van der Waals surface area contributed by atoms with E-state index in [0.29, 0.717) is 24.4 Å². The molecule has 1 aliphatic heterocycles. The Hall–Kier alpha value is -4.23. The van der Waals surface area contributed by atoms with Crippen LogP contribution in [0.5, 0.6) is 0 Å². The standard InChI is InChI=1S/C27H25N5O2/c1-19-25(27(34)32(30-19)22-9-3-2-4-10-22)14-20-17-31(26-12-6-5-11-24(20)26)18-23(33)16-29-21-8-7-13-28-15-21/h2-15,17,23,29,33H,16,18H2,1H3. The van der Waals surface area contributed by atoms with Gasteiger partial charge in [0.15, 0.2) is 0 Å². The van der Waals surface area contributed by atoms with Crippen molar-refractivity contribution in [3.8, 4) is 0 Å². The molecule has 7 nitrogen and oxygen atoms in total. The molecule has 0 saturated carbocycles. The zero-order chi connectivity index (χ0) is 23.5. The van der Waals surface area contributed by atoms with Gasteiger partial charge in [0.2, 0.25) is 0 Å². The van der Waals surface area contributed by atoms with Gasteiger partial charge in [0, 0.05) is 41.6 Å². The summed E-state index contributed by atoms with van der Waals surface area (Å²) in [7, 11) is 0. The average Bonchev–Trinajstić information content (AvgIpc) is 3.36. The Kier molecular flexibility index (Phi) is 5.93. The number of aliphatic hydroxyl groups excluding tert-OH is 1. The second-order valence-electron chi connectivity index (χ2n) is 8.23. The van der Waals surface area contributed by atoms with E-state index in [9.17, 15) is 9.90 Å². The van der Waals surface area contributed by atoms with Crippen LogP contribution < -0.4 is 10.3 Å². The van der Waals surface area contributed by atoms with E-state index in [1.54, 1.807) is 12.4 Å². The Balaban J connectivity index is 1.40. The number of fused-ring (bicyclic) bond motifs is 1. The van der Waals surface area contributed by atoms with Crippen molar-refractivity contribution in [2.75, 3.05) is 16.9 Å². The monoisotopic (exact) mass is 451 g/mol. The highest BCUT2D eigenvalue weighted by Crippen LogP contribution is 2.28. The first kappa shape index (κ1) is 21.6. The fraction of sp³-hybridized carbons (Fsp3) is 0.148. The summed E-state index contributed by atoms with van der Waals surface area (Å²) in [5, 5.41) is 20.8.